The van der Waals surface area contributed by atoms with Gasteiger partial charge in [-0.15, -0.1) is 0 Å². The number of nitrogens with one attached hydrogen (secondary N) is 1. The van der Waals surface area contributed by atoms with E-state index in [4.69, 9.17) is 0 Å². The van der Waals surface area contributed by atoms with Crippen molar-refractivity contribution in [2.45, 2.75) is 26.3 Å². The number of amides is 1. The van der Waals surface area contributed by atoms with Gasteiger partial charge in [0.1, 0.15) is 5.69 Å². The van der Waals surface area contributed by atoms with Crippen LogP contribution < -0.4 is 5.32 Å². The highest BCUT2D eigenvalue weighted by molar-refractivity contribution is 5.78. The largest absolute Gasteiger partial charge is 0.380 e. The standard InChI is InChI=1S/C13H17N3O3/c1-2-14-11-8-10(5-6-12(11)16(18)19)9-15-7-3-4-13(15)17/h5-6,8,14H,2-4,7,9H2,1H3. The molecule has 1 fully saturated rings. The van der Waals surface area contributed by atoms with Crippen molar-refractivity contribution in [1.29, 1.82) is 0 Å². The Balaban J connectivity index is 2.19. The Bertz CT molecular complexity index is 502. The van der Waals surface area contributed by atoms with Crippen LogP contribution in [0.15, 0.2) is 18.2 Å². The van der Waals surface area contributed by atoms with Crippen molar-refractivity contribution < 1.29 is 9.72 Å². The van der Waals surface area contributed by atoms with Crippen molar-refractivity contribution in [3.8, 4) is 0 Å². The van der Waals surface area contributed by atoms with Gasteiger partial charge in [-0.3, -0.25) is 14.9 Å². The van der Waals surface area contributed by atoms with E-state index >= 15 is 0 Å². The fourth-order valence-corrected chi connectivity index (χ4v) is 2.26. The molecule has 19 heavy (non-hydrogen) atoms. The van der Waals surface area contributed by atoms with Gasteiger partial charge >= 0.3 is 0 Å². The highest BCUT2D eigenvalue weighted by Crippen LogP contribution is 2.26. The van der Waals surface area contributed by atoms with E-state index in [1.807, 2.05) is 6.92 Å². The van der Waals surface area contributed by atoms with Gasteiger partial charge in [0.2, 0.25) is 5.91 Å². The van der Waals surface area contributed by atoms with Crippen molar-refractivity contribution in [1.82, 2.24) is 4.90 Å². The molecule has 0 bridgehead atoms. The molecule has 0 unspecified atom stereocenters. The van der Waals surface area contributed by atoms with Crippen LogP contribution in [0.4, 0.5) is 11.4 Å². The first-order valence-corrected chi connectivity index (χ1v) is 6.40. The lowest BCUT2D eigenvalue weighted by Crippen LogP contribution is -2.23. The van der Waals surface area contributed by atoms with Gasteiger partial charge in [0.15, 0.2) is 0 Å². The molecule has 1 aromatic rings. The predicted octanol–water partition coefficient (Wildman–Crippen LogP) is 2.15. The molecular formula is C13H17N3O3. The summed E-state index contributed by atoms with van der Waals surface area (Å²) in [6, 6.07) is 4.96. The van der Waals surface area contributed by atoms with Gasteiger partial charge in [0.05, 0.1) is 4.92 Å². The maximum Gasteiger partial charge on any atom is 0.292 e. The summed E-state index contributed by atoms with van der Waals surface area (Å²) in [6.07, 6.45) is 1.50. The summed E-state index contributed by atoms with van der Waals surface area (Å²) in [5.41, 5.74) is 1.49. The smallest absolute Gasteiger partial charge is 0.292 e. The third kappa shape index (κ3) is 3.01. The average Bonchev–Trinajstić information content (AvgIpc) is 2.75. The van der Waals surface area contributed by atoms with Crippen LogP contribution in [0.2, 0.25) is 0 Å². The fourth-order valence-electron chi connectivity index (χ4n) is 2.26. The molecule has 0 aliphatic carbocycles. The summed E-state index contributed by atoms with van der Waals surface area (Å²) >= 11 is 0. The lowest BCUT2D eigenvalue weighted by atomic mass is 10.1. The fraction of sp³-hybridized carbons (Fsp3) is 0.462. The number of hydrogen-bond acceptors (Lipinski definition) is 4. The van der Waals surface area contributed by atoms with Crippen LogP contribution in [0.25, 0.3) is 0 Å². The Morgan fingerprint density at radius 2 is 2.26 bits per heavy atom. The van der Waals surface area contributed by atoms with Gasteiger partial charge in [-0.25, -0.2) is 0 Å². The summed E-state index contributed by atoms with van der Waals surface area (Å²) in [4.78, 5) is 23.9. The molecule has 1 saturated heterocycles. The SMILES string of the molecule is CCNc1cc(CN2CCCC2=O)ccc1[N+](=O)[O-]. The molecule has 0 saturated carbocycles. The van der Waals surface area contributed by atoms with Crippen molar-refractivity contribution in [2.24, 2.45) is 0 Å². The molecule has 6 heteroatoms. The van der Waals surface area contributed by atoms with Gasteiger partial charge in [-0.1, -0.05) is 6.07 Å². The van der Waals surface area contributed by atoms with Crippen LogP contribution in [-0.2, 0) is 11.3 Å². The second-order valence-corrected chi connectivity index (χ2v) is 4.56. The van der Waals surface area contributed by atoms with Crippen LogP contribution in [0, 0.1) is 10.1 Å². The molecule has 1 amide bonds. The van der Waals surface area contributed by atoms with E-state index in [0.717, 1.165) is 18.5 Å². The normalized spacial score (nSPS) is 14.8. The highest BCUT2D eigenvalue weighted by atomic mass is 16.6. The molecule has 0 spiro atoms. The third-order valence-electron chi connectivity index (χ3n) is 3.17. The second kappa shape index (κ2) is 5.69. The molecule has 0 aromatic heterocycles. The molecule has 1 aliphatic heterocycles. The van der Waals surface area contributed by atoms with Gasteiger partial charge in [-0.05, 0) is 25.0 Å². The van der Waals surface area contributed by atoms with E-state index in [-0.39, 0.29) is 11.6 Å². The zero-order valence-electron chi connectivity index (χ0n) is 10.9. The molecule has 6 nitrogen and oxygen atoms in total. The van der Waals surface area contributed by atoms with E-state index in [2.05, 4.69) is 5.32 Å². The first kappa shape index (κ1) is 13.3. The zero-order chi connectivity index (χ0) is 13.8. The number of hydrogen-bond donors (Lipinski definition) is 1. The number of nitro benzene ring substituents is 1. The molecule has 0 atom stereocenters. The summed E-state index contributed by atoms with van der Waals surface area (Å²) in [6.45, 7) is 3.80. The van der Waals surface area contributed by atoms with Gasteiger partial charge in [-0.2, -0.15) is 0 Å². The first-order valence-electron chi connectivity index (χ1n) is 6.40. The van der Waals surface area contributed by atoms with Crippen molar-refractivity contribution >= 4 is 17.3 Å². The van der Waals surface area contributed by atoms with Crippen LogP contribution in [0.1, 0.15) is 25.3 Å². The number of rotatable bonds is 5. The van der Waals surface area contributed by atoms with Gasteiger partial charge in [0.25, 0.3) is 5.69 Å². The minimum Gasteiger partial charge on any atom is -0.380 e. The lowest BCUT2D eigenvalue weighted by Gasteiger charge is -2.16. The third-order valence-corrected chi connectivity index (χ3v) is 3.17. The molecular weight excluding hydrogens is 246 g/mol. The van der Waals surface area contributed by atoms with E-state index in [1.54, 1.807) is 17.0 Å². The molecule has 1 aliphatic rings. The molecule has 102 valence electrons. The van der Waals surface area contributed by atoms with Crippen molar-refractivity contribution in [3.05, 3.63) is 33.9 Å². The minimum atomic E-state index is -0.400. The summed E-state index contributed by atoms with van der Waals surface area (Å²) in [5, 5.41) is 13.9. The van der Waals surface area contributed by atoms with Crippen LogP contribution in [0.5, 0.6) is 0 Å². The minimum absolute atomic E-state index is 0.0679. The molecule has 2 rings (SSSR count). The average molecular weight is 263 g/mol. The number of nitro groups is 1. The summed E-state index contributed by atoms with van der Waals surface area (Å²) in [7, 11) is 0. The maximum atomic E-state index is 11.6. The molecule has 0 radical (unpaired) electrons. The van der Waals surface area contributed by atoms with E-state index in [9.17, 15) is 14.9 Å². The second-order valence-electron chi connectivity index (χ2n) is 4.56. The quantitative estimate of drug-likeness (QED) is 0.652. The van der Waals surface area contributed by atoms with Gasteiger partial charge < -0.3 is 10.2 Å². The van der Waals surface area contributed by atoms with E-state index < -0.39 is 4.92 Å². The Morgan fingerprint density at radius 3 is 2.84 bits per heavy atom. The first-order chi connectivity index (χ1) is 9.11. The lowest BCUT2D eigenvalue weighted by molar-refractivity contribution is -0.384. The Hall–Kier alpha value is -2.11. The Morgan fingerprint density at radius 1 is 1.47 bits per heavy atom. The molecule has 1 N–H and O–H groups in total. The number of likely N-dealkylation sites (tertiary alicyclic amines) is 1. The number of nitrogens with zero attached hydrogens (tertiary/aromatic N) is 2. The highest BCUT2D eigenvalue weighted by Gasteiger charge is 2.21. The summed E-state index contributed by atoms with van der Waals surface area (Å²) < 4.78 is 0. The van der Waals surface area contributed by atoms with Gasteiger partial charge in [0, 0.05) is 32.1 Å². The Labute approximate surface area is 111 Å². The zero-order valence-corrected chi connectivity index (χ0v) is 10.9. The molecule has 1 aromatic carbocycles. The van der Waals surface area contributed by atoms with E-state index in [1.165, 1.54) is 6.07 Å². The number of carbonyl (C=O) groups excluding carboxylic acids is 1. The molecule has 1 heterocycles. The topological polar surface area (TPSA) is 75.5 Å². The van der Waals surface area contributed by atoms with E-state index in [0.29, 0.717) is 25.2 Å². The maximum absolute atomic E-state index is 11.6. The monoisotopic (exact) mass is 263 g/mol. The number of carbonyl (C=O) groups is 1. The number of anilines is 1. The Kier molecular flexibility index (Phi) is 3.99. The van der Waals surface area contributed by atoms with Crippen molar-refractivity contribution in [3.63, 3.8) is 0 Å². The summed E-state index contributed by atoms with van der Waals surface area (Å²) in [5.74, 6) is 0.156. The van der Waals surface area contributed by atoms with Crippen molar-refractivity contribution in [2.75, 3.05) is 18.4 Å². The van der Waals surface area contributed by atoms with Crippen LogP contribution in [-0.4, -0.2) is 28.8 Å². The number of benzene rings is 1. The van der Waals surface area contributed by atoms with Crippen LogP contribution >= 0.6 is 0 Å². The predicted molar refractivity (Wildman–Crippen MR) is 71.9 cm³/mol. The van der Waals surface area contributed by atoms with Crippen LogP contribution in [0.3, 0.4) is 0 Å².